The maximum absolute atomic E-state index is 13.3. The summed E-state index contributed by atoms with van der Waals surface area (Å²) in [5.41, 5.74) is 4.79. The molecule has 7 nitrogen and oxygen atoms in total. The number of urea groups is 1. The van der Waals surface area contributed by atoms with Crippen molar-refractivity contribution in [1.29, 1.82) is 0 Å². The van der Waals surface area contributed by atoms with Crippen LogP contribution in [0.15, 0.2) is 48.5 Å². The third kappa shape index (κ3) is 4.88. The van der Waals surface area contributed by atoms with Crippen molar-refractivity contribution in [3.8, 4) is 0 Å². The second-order valence-corrected chi connectivity index (χ2v) is 6.80. The van der Waals surface area contributed by atoms with Crippen molar-refractivity contribution in [1.82, 2.24) is 10.4 Å². The van der Waals surface area contributed by atoms with Crippen LogP contribution in [0.25, 0.3) is 0 Å². The van der Waals surface area contributed by atoms with Gasteiger partial charge >= 0.3 is 6.03 Å². The van der Waals surface area contributed by atoms with Gasteiger partial charge in [-0.05, 0) is 43.2 Å². The maximum atomic E-state index is 13.3. The van der Waals surface area contributed by atoms with Gasteiger partial charge in [-0.1, -0.05) is 29.8 Å². The highest BCUT2D eigenvalue weighted by Gasteiger charge is 2.23. The normalized spacial score (nSPS) is 14.3. The third-order valence-electron chi connectivity index (χ3n) is 4.73. The van der Waals surface area contributed by atoms with Crippen LogP contribution in [-0.2, 0) is 11.3 Å². The molecule has 0 saturated carbocycles. The molecule has 3 rings (SSSR count). The second kappa shape index (κ2) is 9.34. The average Bonchev–Trinajstić information content (AvgIpc) is 3.02. The molecule has 0 bridgehead atoms. The minimum Gasteiger partial charge on any atom is -0.380 e. The molecule has 2 aromatic rings. The summed E-state index contributed by atoms with van der Waals surface area (Å²) < 4.78 is 5.47. The molecular formula is C21H25N3O4. The Balaban J connectivity index is 1.84. The molecule has 7 heteroatoms. The number of carbonyl (C=O) groups is 2. The Bertz CT molecular complexity index is 797. The van der Waals surface area contributed by atoms with Crippen LogP contribution >= 0.6 is 0 Å². The first kappa shape index (κ1) is 19.9. The summed E-state index contributed by atoms with van der Waals surface area (Å²) >= 11 is 0. The molecule has 1 fully saturated rings. The fourth-order valence-corrected chi connectivity index (χ4v) is 3.11. The van der Waals surface area contributed by atoms with E-state index in [9.17, 15) is 9.59 Å². The van der Waals surface area contributed by atoms with E-state index in [-0.39, 0.29) is 6.03 Å². The number of hydrogen-bond donors (Lipinski definition) is 2. The van der Waals surface area contributed by atoms with Crippen molar-refractivity contribution in [2.45, 2.75) is 19.9 Å². The van der Waals surface area contributed by atoms with E-state index in [4.69, 9.17) is 9.94 Å². The van der Waals surface area contributed by atoms with Gasteiger partial charge in [-0.25, -0.2) is 10.3 Å². The zero-order valence-electron chi connectivity index (χ0n) is 15.9. The number of hydrogen-bond acceptors (Lipinski definition) is 4. The highest BCUT2D eigenvalue weighted by molar-refractivity contribution is 5.94. The van der Waals surface area contributed by atoms with Gasteiger partial charge in [0.1, 0.15) is 0 Å². The number of carbonyl (C=O) groups excluding carboxylic acids is 2. The summed E-state index contributed by atoms with van der Waals surface area (Å²) in [6, 6.07) is 14.6. The minimum atomic E-state index is -0.567. The molecule has 0 aromatic heterocycles. The molecule has 2 N–H and O–H groups in total. The lowest BCUT2D eigenvalue weighted by Crippen LogP contribution is -2.44. The number of aryl methyl sites for hydroxylation is 1. The van der Waals surface area contributed by atoms with E-state index in [1.54, 1.807) is 34.6 Å². The van der Waals surface area contributed by atoms with Crippen molar-refractivity contribution in [2.75, 3.05) is 31.2 Å². The second-order valence-electron chi connectivity index (χ2n) is 6.80. The molecule has 1 heterocycles. The van der Waals surface area contributed by atoms with Gasteiger partial charge in [0.15, 0.2) is 0 Å². The zero-order valence-corrected chi connectivity index (χ0v) is 15.9. The molecule has 0 radical (unpaired) electrons. The van der Waals surface area contributed by atoms with E-state index in [0.29, 0.717) is 38.4 Å². The number of anilines is 1. The Morgan fingerprint density at radius 3 is 2.46 bits per heavy atom. The van der Waals surface area contributed by atoms with Crippen LogP contribution in [0.1, 0.15) is 27.9 Å². The summed E-state index contributed by atoms with van der Waals surface area (Å²) in [6.07, 6.45) is 0.818. The highest BCUT2D eigenvalue weighted by Crippen LogP contribution is 2.21. The van der Waals surface area contributed by atoms with Crippen LogP contribution in [0, 0.1) is 6.92 Å². The Labute approximate surface area is 164 Å². The van der Waals surface area contributed by atoms with Crippen molar-refractivity contribution in [3.63, 3.8) is 0 Å². The molecule has 1 aliphatic heterocycles. The number of ether oxygens (including phenoxy) is 1. The minimum absolute atomic E-state index is 0.0634. The first-order chi connectivity index (χ1) is 13.6. The monoisotopic (exact) mass is 383 g/mol. The molecule has 0 aliphatic carbocycles. The predicted octanol–water partition coefficient (Wildman–Crippen LogP) is 2.96. The van der Waals surface area contributed by atoms with E-state index in [0.717, 1.165) is 23.2 Å². The van der Waals surface area contributed by atoms with Gasteiger partial charge in [-0.15, -0.1) is 0 Å². The van der Waals surface area contributed by atoms with Crippen molar-refractivity contribution in [3.05, 3.63) is 65.2 Å². The predicted molar refractivity (Wildman–Crippen MR) is 105 cm³/mol. The molecule has 0 unspecified atom stereocenters. The molecule has 1 aliphatic rings. The molecule has 148 valence electrons. The Morgan fingerprint density at radius 1 is 1.07 bits per heavy atom. The summed E-state index contributed by atoms with van der Waals surface area (Å²) in [5.74, 6) is -0.567. The lowest BCUT2D eigenvalue weighted by Gasteiger charge is -2.30. The van der Waals surface area contributed by atoms with Gasteiger partial charge in [0, 0.05) is 30.9 Å². The molecule has 0 spiro atoms. The highest BCUT2D eigenvalue weighted by atomic mass is 16.5. The van der Waals surface area contributed by atoms with Crippen LogP contribution in [0.4, 0.5) is 10.5 Å². The number of nitrogens with zero attached hydrogens (tertiary/aromatic N) is 2. The third-order valence-corrected chi connectivity index (χ3v) is 4.73. The van der Waals surface area contributed by atoms with E-state index < -0.39 is 5.91 Å². The quantitative estimate of drug-likeness (QED) is 0.628. The number of hydroxylamine groups is 1. The summed E-state index contributed by atoms with van der Waals surface area (Å²) in [7, 11) is 0. The molecule has 2 aromatic carbocycles. The average molecular weight is 383 g/mol. The lowest BCUT2D eigenvalue weighted by molar-refractivity contribution is 0.0706. The SMILES string of the molecule is Cc1ccc(N(Cc2ccc(C(=O)NO)cc2)C(=O)N2CCCOCC2)cc1. The molecule has 3 amide bonds. The van der Waals surface area contributed by atoms with Gasteiger partial charge < -0.3 is 9.64 Å². The van der Waals surface area contributed by atoms with E-state index in [2.05, 4.69) is 0 Å². The van der Waals surface area contributed by atoms with E-state index in [1.807, 2.05) is 36.1 Å². The fourth-order valence-electron chi connectivity index (χ4n) is 3.11. The summed E-state index contributed by atoms with van der Waals surface area (Å²) in [4.78, 5) is 28.3. The topological polar surface area (TPSA) is 82.1 Å². The van der Waals surface area contributed by atoms with Gasteiger partial charge in [0.05, 0.1) is 13.2 Å². The van der Waals surface area contributed by atoms with E-state index >= 15 is 0 Å². The number of benzene rings is 2. The molecule has 0 atom stereocenters. The Hall–Kier alpha value is -2.90. The van der Waals surface area contributed by atoms with E-state index in [1.165, 1.54) is 0 Å². The number of rotatable bonds is 4. The van der Waals surface area contributed by atoms with Crippen LogP contribution in [0.3, 0.4) is 0 Å². The number of nitrogens with one attached hydrogen (secondary N) is 1. The lowest BCUT2D eigenvalue weighted by atomic mass is 10.1. The molecule has 28 heavy (non-hydrogen) atoms. The Morgan fingerprint density at radius 2 is 1.79 bits per heavy atom. The van der Waals surface area contributed by atoms with Crippen LogP contribution in [0.5, 0.6) is 0 Å². The largest absolute Gasteiger partial charge is 0.380 e. The Kier molecular flexibility index (Phi) is 6.62. The van der Waals surface area contributed by atoms with Crippen molar-refractivity contribution >= 4 is 17.6 Å². The van der Waals surface area contributed by atoms with Crippen LogP contribution in [-0.4, -0.2) is 48.3 Å². The van der Waals surface area contributed by atoms with Gasteiger partial charge in [-0.3, -0.25) is 14.9 Å². The summed E-state index contributed by atoms with van der Waals surface area (Å²) in [5, 5.41) is 8.75. The first-order valence-corrected chi connectivity index (χ1v) is 9.32. The van der Waals surface area contributed by atoms with Gasteiger partial charge in [0.25, 0.3) is 5.91 Å². The smallest absolute Gasteiger partial charge is 0.324 e. The molecule has 1 saturated heterocycles. The number of amides is 3. The zero-order chi connectivity index (χ0) is 19.9. The van der Waals surface area contributed by atoms with Crippen molar-refractivity contribution in [2.24, 2.45) is 0 Å². The maximum Gasteiger partial charge on any atom is 0.324 e. The first-order valence-electron chi connectivity index (χ1n) is 9.32. The van der Waals surface area contributed by atoms with Gasteiger partial charge in [-0.2, -0.15) is 0 Å². The molecular weight excluding hydrogens is 358 g/mol. The van der Waals surface area contributed by atoms with Crippen molar-refractivity contribution < 1.29 is 19.5 Å². The van der Waals surface area contributed by atoms with Gasteiger partial charge in [0.2, 0.25) is 0 Å². The van der Waals surface area contributed by atoms with Crippen LogP contribution in [0.2, 0.25) is 0 Å². The summed E-state index contributed by atoms with van der Waals surface area (Å²) in [6.45, 7) is 4.82. The van der Waals surface area contributed by atoms with Crippen LogP contribution < -0.4 is 10.4 Å². The standard InChI is InChI=1S/C21H25N3O4/c1-16-3-9-19(10-4-16)24(21(26)23-11-2-13-28-14-12-23)15-17-5-7-18(8-6-17)20(25)22-27/h3-10,27H,2,11-15H2,1H3,(H,22,25). The fraction of sp³-hybridized carbons (Fsp3) is 0.333.